The van der Waals surface area contributed by atoms with Gasteiger partial charge in [-0.3, -0.25) is 4.90 Å². The Labute approximate surface area is 142 Å². The molecule has 2 aliphatic heterocycles. The fraction of sp³-hybridized carbons (Fsp3) is 0.556. The first kappa shape index (κ1) is 15.6. The van der Waals surface area contributed by atoms with E-state index in [9.17, 15) is 0 Å². The summed E-state index contributed by atoms with van der Waals surface area (Å²) in [6.45, 7) is 4.71. The van der Waals surface area contributed by atoms with E-state index >= 15 is 0 Å². The maximum absolute atomic E-state index is 5.80. The first-order chi connectivity index (χ1) is 11.8. The van der Waals surface area contributed by atoms with Crippen LogP contribution in [0.1, 0.15) is 36.2 Å². The Morgan fingerprint density at radius 3 is 3.04 bits per heavy atom. The third-order valence-corrected chi connectivity index (χ3v) is 4.91. The second-order valence-electron chi connectivity index (χ2n) is 6.51. The number of fused-ring (bicyclic) bond motifs is 1. The number of nitrogens with zero attached hydrogens (tertiary/aromatic N) is 4. The topological polar surface area (TPSA) is 52.4 Å². The second kappa shape index (κ2) is 6.91. The molecule has 0 spiro atoms. The fourth-order valence-corrected chi connectivity index (χ4v) is 3.60. The largest absolute Gasteiger partial charge is 0.497 e. The van der Waals surface area contributed by atoms with Crippen LogP contribution in [0.2, 0.25) is 0 Å². The van der Waals surface area contributed by atoms with E-state index in [1.807, 2.05) is 6.07 Å². The lowest BCUT2D eigenvalue weighted by Gasteiger charge is -2.20. The Morgan fingerprint density at radius 1 is 1.25 bits per heavy atom. The zero-order valence-corrected chi connectivity index (χ0v) is 14.1. The van der Waals surface area contributed by atoms with Gasteiger partial charge < -0.3 is 14.0 Å². The number of hydrogen-bond donors (Lipinski definition) is 0. The highest BCUT2D eigenvalue weighted by Gasteiger charge is 2.26. The monoisotopic (exact) mass is 328 g/mol. The van der Waals surface area contributed by atoms with Crippen LogP contribution in [0.15, 0.2) is 24.3 Å². The molecule has 4 rings (SSSR count). The van der Waals surface area contributed by atoms with Crippen LogP contribution in [0.3, 0.4) is 0 Å². The third-order valence-electron chi connectivity index (χ3n) is 4.91. The Kier molecular flexibility index (Phi) is 4.49. The highest BCUT2D eigenvalue weighted by Crippen LogP contribution is 2.28. The highest BCUT2D eigenvalue weighted by molar-refractivity contribution is 5.28. The smallest absolute Gasteiger partial charge is 0.162 e. The molecule has 1 aromatic carbocycles. The number of rotatable bonds is 4. The van der Waals surface area contributed by atoms with E-state index in [4.69, 9.17) is 9.47 Å². The Bertz CT molecular complexity index is 694. The number of ether oxygens (including phenoxy) is 2. The molecule has 1 fully saturated rings. The maximum atomic E-state index is 5.80. The molecule has 0 amide bonds. The van der Waals surface area contributed by atoms with Crippen LogP contribution in [0.5, 0.6) is 5.75 Å². The molecule has 6 heteroatoms. The van der Waals surface area contributed by atoms with E-state index < -0.39 is 0 Å². The van der Waals surface area contributed by atoms with Gasteiger partial charge in [0.25, 0.3) is 0 Å². The van der Waals surface area contributed by atoms with Gasteiger partial charge in [-0.15, -0.1) is 10.2 Å². The normalized spacial score (nSPS) is 21.5. The molecule has 0 saturated carbocycles. The molecule has 128 valence electrons. The zero-order chi connectivity index (χ0) is 16.4. The number of methoxy groups -OCH3 is 1. The van der Waals surface area contributed by atoms with Crippen LogP contribution in [-0.4, -0.2) is 46.5 Å². The van der Waals surface area contributed by atoms with Gasteiger partial charge in [0.1, 0.15) is 17.7 Å². The summed E-state index contributed by atoms with van der Waals surface area (Å²) in [5.41, 5.74) is 1.28. The minimum Gasteiger partial charge on any atom is -0.497 e. The van der Waals surface area contributed by atoms with Crippen molar-refractivity contribution in [2.75, 3.05) is 26.8 Å². The second-order valence-corrected chi connectivity index (χ2v) is 6.51. The van der Waals surface area contributed by atoms with Gasteiger partial charge in [-0.2, -0.15) is 0 Å². The molecular weight excluding hydrogens is 304 g/mol. The summed E-state index contributed by atoms with van der Waals surface area (Å²) in [5.74, 6) is 3.03. The summed E-state index contributed by atoms with van der Waals surface area (Å²) < 4.78 is 13.4. The predicted octanol–water partition coefficient (Wildman–Crippen LogP) is 2.20. The van der Waals surface area contributed by atoms with Crippen molar-refractivity contribution in [1.82, 2.24) is 19.7 Å². The van der Waals surface area contributed by atoms with E-state index in [1.165, 1.54) is 5.56 Å². The Balaban J connectivity index is 1.44. The van der Waals surface area contributed by atoms with Crippen molar-refractivity contribution < 1.29 is 9.47 Å². The number of hydrogen-bond acceptors (Lipinski definition) is 5. The van der Waals surface area contributed by atoms with Crippen molar-refractivity contribution in [2.45, 2.75) is 38.5 Å². The quantitative estimate of drug-likeness (QED) is 0.861. The molecular formula is C18H24N4O2. The van der Waals surface area contributed by atoms with Crippen LogP contribution in [0, 0.1) is 0 Å². The molecule has 0 N–H and O–H groups in total. The Morgan fingerprint density at radius 2 is 2.21 bits per heavy atom. The predicted molar refractivity (Wildman–Crippen MR) is 89.9 cm³/mol. The van der Waals surface area contributed by atoms with E-state index in [-0.39, 0.29) is 6.10 Å². The first-order valence-corrected chi connectivity index (χ1v) is 8.72. The molecule has 2 aliphatic rings. The van der Waals surface area contributed by atoms with Crippen molar-refractivity contribution >= 4 is 0 Å². The molecule has 1 aromatic heterocycles. The maximum Gasteiger partial charge on any atom is 0.162 e. The summed E-state index contributed by atoms with van der Waals surface area (Å²) in [7, 11) is 1.71. The van der Waals surface area contributed by atoms with Gasteiger partial charge >= 0.3 is 0 Å². The van der Waals surface area contributed by atoms with Crippen molar-refractivity contribution in [2.24, 2.45) is 0 Å². The van der Waals surface area contributed by atoms with E-state index in [0.717, 1.165) is 69.4 Å². The summed E-state index contributed by atoms with van der Waals surface area (Å²) in [6, 6.07) is 8.31. The number of aromatic nitrogens is 3. The van der Waals surface area contributed by atoms with Crippen LogP contribution in [-0.2, 0) is 24.2 Å². The van der Waals surface area contributed by atoms with E-state index in [0.29, 0.717) is 0 Å². The summed E-state index contributed by atoms with van der Waals surface area (Å²) in [5, 5.41) is 8.82. The van der Waals surface area contributed by atoms with Crippen LogP contribution >= 0.6 is 0 Å². The van der Waals surface area contributed by atoms with Crippen LogP contribution < -0.4 is 4.74 Å². The summed E-state index contributed by atoms with van der Waals surface area (Å²) in [6.07, 6.45) is 3.25. The van der Waals surface area contributed by atoms with Crippen molar-refractivity contribution in [3.05, 3.63) is 41.5 Å². The van der Waals surface area contributed by atoms with Gasteiger partial charge in [0, 0.05) is 39.2 Å². The minimum atomic E-state index is 0.135. The molecule has 6 nitrogen and oxygen atoms in total. The average Bonchev–Trinajstić information content (AvgIpc) is 3.23. The zero-order valence-electron chi connectivity index (χ0n) is 14.1. The van der Waals surface area contributed by atoms with Crippen molar-refractivity contribution in [3.63, 3.8) is 0 Å². The molecule has 0 radical (unpaired) electrons. The van der Waals surface area contributed by atoms with Gasteiger partial charge in [-0.25, -0.2) is 0 Å². The van der Waals surface area contributed by atoms with Gasteiger partial charge in [0.15, 0.2) is 5.82 Å². The van der Waals surface area contributed by atoms with Gasteiger partial charge in [-0.1, -0.05) is 12.1 Å². The fourth-order valence-electron chi connectivity index (χ4n) is 3.60. The van der Waals surface area contributed by atoms with Gasteiger partial charge in [-0.05, 0) is 30.5 Å². The molecule has 24 heavy (non-hydrogen) atoms. The van der Waals surface area contributed by atoms with Crippen LogP contribution in [0.25, 0.3) is 0 Å². The lowest BCUT2D eigenvalue weighted by molar-refractivity contribution is 0.101. The lowest BCUT2D eigenvalue weighted by Crippen LogP contribution is -2.26. The summed E-state index contributed by atoms with van der Waals surface area (Å²) in [4.78, 5) is 2.47. The third kappa shape index (κ3) is 3.16. The molecule has 1 atom stereocenters. The lowest BCUT2D eigenvalue weighted by atomic mass is 10.2. The number of benzene rings is 1. The van der Waals surface area contributed by atoms with E-state index in [1.54, 1.807) is 7.11 Å². The highest BCUT2D eigenvalue weighted by atomic mass is 16.5. The van der Waals surface area contributed by atoms with Gasteiger partial charge in [0.2, 0.25) is 0 Å². The molecule has 2 aromatic rings. The molecule has 1 unspecified atom stereocenters. The van der Waals surface area contributed by atoms with Crippen molar-refractivity contribution in [3.8, 4) is 5.75 Å². The molecule has 0 bridgehead atoms. The Hall–Kier alpha value is -1.92. The molecule has 3 heterocycles. The molecule has 0 aliphatic carbocycles. The van der Waals surface area contributed by atoms with E-state index in [2.05, 4.69) is 37.9 Å². The summed E-state index contributed by atoms with van der Waals surface area (Å²) >= 11 is 0. The van der Waals surface area contributed by atoms with Crippen LogP contribution in [0.4, 0.5) is 0 Å². The minimum absolute atomic E-state index is 0.135. The SMILES string of the molecule is COc1cccc(CN2CCc3nnc(C4CCCO4)n3CC2)c1. The first-order valence-electron chi connectivity index (χ1n) is 8.72. The van der Waals surface area contributed by atoms with Gasteiger partial charge in [0.05, 0.1) is 7.11 Å². The average molecular weight is 328 g/mol. The molecule has 1 saturated heterocycles. The standard InChI is InChI=1S/C18H24N4O2/c1-23-15-5-2-4-14(12-15)13-21-8-7-17-19-20-18(22(17)10-9-21)16-6-3-11-24-16/h2,4-5,12,16H,3,6-11,13H2,1H3. The van der Waals surface area contributed by atoms with Crippen molar-refractivity contribution in [1.29, 1.82) is 0 Å².